The zero-order chi connectivity index (χ0) is 74.4. The van der Waals surface area contributed by atoms with Crippen molar-refractivity contribution in [1.82, 2.24) is 0 Å². The van der Waals surface area contributed by atoms with Gasteiger partial charge in [0.2, 0.25) is 0 Å². The summed E-state index contributed by atoms with van der Waals surface area (Å²) in [6.45, 7) is -0.508. The minimum absolute atomic E-state index is 0.242. The number of hydrogen-bond donors (Lipinski definition) is 0. The minimum atomic E-state index is -0.266. The van der Waals surface area contributed by atoms with E-state index in [1.807, 2.05) is 45.3 Å². The fourth-order valence-electron chi connectivity index (χ4n) is 19.6. The molecule has 114 heavy (non-hydrogen) atoms. The molecule has 12 heteroatoms. The van der Waals surface area contributed by atoms with Crippen molar-refractivity contribution in [2.45, 2.75) is 0 Å². The fraction of sp³-hybridized carbons (Fsp3) is 0. The molecule has 0 aliphatic carbocycles. The molecule has 0 saturated heterocycles. The summed E-state index contributed by atoms with van der Waals surface area (Å²) < 4.78 is 10.1. The van der Waals surface area contributed by atoms with Crippen LogP contribution in [0.25, 0.3) is 80.7 Å². The lowest BCUT2D eigenvalue weighted by Gasteiger charge is -2.48. The number of hydrogen-bond acceptors (Lipinski definition) is 10. The van der Waals surface area contributed by atoms with Gasteiger partial charge in [0.1, 0.15) is 0 Å². The molecule has 4 aliphatic heterocycles. The minimum Gasteiger partial charge on any atom is -0.311 e. The first-order valence-corrected chi connectivity index (χ1v) is 42.2. The summed E-state index contributed by atoms with van der Waals surface area (Å²) in [6, 6.07) is 143. The molecule has 17 aromatic carbocycles. The first kappa shape index (κ1) is 64.2. The van der Waals surface area contributed by atoms with Gasteiger partial charge in [0, 0.05) is 149 Å². The molecule has 21 aromatic rings. The Labute approximate surface area is 674 Å². The quantitative estimate of drug-likeness (QED) is 0.126. The highest BCUT2D eigenvalue weighted by atomic mass is 32.1. The van der Waals surface area contributed by atoms with E-state index in [0.717, 1.165) is 102 Å². The Morgan fingerprint density at radius 2 is 0.500 bits per heavy atom. The molecule has 6 nitrogen and oxygen atoms in total. The van der Waals surface area contributed by atoms with Gasteiger partial charge in [-0.2, -0.15) is 0 Å². The highest BCUT2D eigenvalue weighted by Gasteiger charge is 2.50. The molecule has 0 atom stereocenters. The number of para-hydroxylation sites is 6. The van der Waals surface area contributed by atoms with Crippen LogP contribution in [0.5, 0.6) is 0 Å². The lowest BCUT2D eigenvalue weighted by Crippen LogP contribution is -2.65. The van der Waals surface area contributed by atoms with Gasteiger partial charge in [-0.05, 0) is 197 Å². The van der Waals surface area contributed by atoms with E-state index in [2.05, 4.69) is 406 Å². The van der Waals surface area contributed by atoms with E-state index >= 15 is 0 Å². The van der Waals surface area contributed by atoms with Crippen molar-refractivity contribution in [3.8, 4) is 0 Å². The molecule has 0 saturated carbocycles. The van der Waals surface area contributed by atoms with Crippen LogP contribution in [-0.4, -0.2) is 13.4 Å². The summed E-state index contributed by atoms with van der Waals surface area (Å²) in [6.07, 6.45) is 0. The second-order valence-corrected chi connectivity index (χ2v) is 34.4. The van der Waals surface area contributed by atoms with Crippen molar-refractivity contribution in [3.63, 3.8) is 0 Å². The average molecular weight is 1520 g/mol. The Bertz CT molecular complexity index is 7550. The zero-order valence-electron chi connectivity index (χ0n) is 61.3. The van der Waals surface area contributed by atoms with E-state index in [1.54, 1.807) is 0 Å². The molecule has 4 aromatic heterocycles. The third-order valence-electron chi connectivity index (χ3n) is 24.1. The normalized spacial score (nSPS) is 13.2. The van der Waals surface area contributed by atoms with Crippen LogP contribution in [0, 0.1) is 0 Å². The van der Waals surface area contributed by atoms with Gasteiger partial charge in [-0.3, -0.25) is 0 Å². The van der Waals surface area contributed by atoms with E-state index in [9.17, 15) is 0 Å². The number of thiophene rings is 4. The van der Waals surface area contributed by atoms with Crippen molar-refractivity contribution in [2.75, 3.05) is 29.4 Å². The van der Waals surface area contributed by atoms with Crippen molar-refractivity contribution in [1.29, 1.82) is 0 Å². The summed E-state index contributed by atoms with van der Waals surface area (Å²) in [4.78, 5) is 15.7. The monoisotopic (exact) mass is 1520 g/mol. The van der Waals surface area contributed by atoms with Gasteiger partial charge in [-0.25, -0.2) is 0 Å². The van der Waals surface area contributed by atoms with Crippen LogP contribution in [-0.2, 0) is 0 Å². The predicted molar refractivity (Wildman–Crippen MR) is 495 cm³/mol. The summed E-state index contributed by atoms with van der Waals surface area (Å²) in [5.41, 5.74) is 27.5. The summed E-state index contributed by atoms with van der Waals surface area (Å²) in [5.74, 6) is 0. The molecule has 0 spiro atoms. The first-order chi connectivity index (χ1) is 56.6. The second kappa shape index (κ2) is 25.0. The lowest BCUT2D eigenvalue weighted by atomic mass is 9.30. The van der Waals surface area contributed by atoms with E-state index in [0.29, 0.717) is 0 Å². The topological polar surface area (TPSA) is 19.4 Å². The average Bonchev–Trinajstić information content (AvgIpc) is 0.973. The molecule has 4 aliphatic rings. The molecule has 0 amide bonds. The first-order valence-electron chi connectivity index (χ1n) is 38.9. The summed E-state index contributed by atoms with van der Waals surface area (Å²) in [5, 5.41) is 9.96. The number of anilines is 18. The van der Waals surface area contributed by atoms with Gasteiger partial charge in [-0.1, -0.05) is 212 Å². The molecule has 25 rings (SSSR count). The molecule has 0 unspecified atom stereocenters. The molecule has 530 valence electrons. The smallest absolute Gasteiger partial charge is 0.252 e. The van der Waals surface area contributed by atoms with Crippen molar-refractivity contribution >= 4 is 275 Å². The third kappa shape index (κ3) is 9.36. The van der Waals surface area contributed by atoms with Crippen LogP contribution in [0.2, 0.25) is 0 Å². The second-order valence-electron chi connectivity index (χ2n) is 30.1. The molecule has 8 heterocycles. The van der Waals surface area contributed by atoms with Gasteiger partial charge in [0.25, 0.3) is 13.4 Å². The van der Waals surface area contributed by atoms with Crippen molar-refractivity contribution in [3.05, 3.63) is 376 Å². The number of fused-ring (bicyclic) bond motifs is 20. The maximum absolute atomic E-state index is 2.72. The molecule has 0 bridgehead atoms. The lowest BCUT2D eigenvalue weighted by molar-refractivity contribution is 1.22. The highest BCUT2D eigenvalue weighted by molar-refractivity contribution is 7.27. The Kier molecular flexibility index (Phi) is 14.1. The Morgan fingerprint density at radius 3 is 0.939 bits per heavy atom. The van der Waals surface area contributed by atoms with Gasteiger partial charge in [0.05, 0.1) is 34.1 Å². The molecule has 0 radical (unpaired) electrons. The maximum atomic E-state index is 2.72. The van der Waals surface area contributed by atoms with Crippen molar-refractivity contribution < 1.29 is 0 Å². The molecular weight excluding hydrogens is 1460 g/mol. The van der Waals surface area contributed by atoms with Crippen LogP contribution in [0.4, 0.5) is 102 Å². The van der Waals surface area contributed by atoms with Gasteiger partial charge in [0.15, 0.2) is 0 Å². The predicted octanol–water partition coefficient (Wildman–Crippen LogP) is 26.3. The Hall–Kier alpha value is -13.5. The highest BCUT2D eigenvalue weighted by Crippen LogP contribution is 2.57. The van der Waals surface area contributed by atoms with Crippen LogP contribution >= 0.6 is 45.3 Å². The van der Waals surface area contributed by atoms with Gasteiger partial charge < -0.3 is 29.4 Å². The van der Waals surface area contributed by atoms with Crippen molar-refractivity contribution in [2.24, 2.45) is 0 Å². The van der Waals surface area contributed by atoms with Crippen LogP contribution < -0.4 is 62.2 Å². The Balaban J connectivity index is 0.835. The SMILES string of the molecule is c1ccc(N(c2ccccc2)c2cc3c4c(c2)N(c2cccc5sc6ccccc6c25)c2ccccc2B4c2cc4c(cc2N3c2ccccc2)N(c2cccc3sc5ccccc5c23)c2cc(N(c3ccccc3)c3cccc5sc6ccccc6c35)cc3c2B4c2ccccc2N3c2cccc3sc4ccccc4c23)cc1. The maximum Gasteiger partial charge on any atom is 0.252 e. The Morgan fingerprint density at radius 1 is 0.193 bits per heavy atom. The largest absolute Gasteiger partial charge is 0.311 e. The molecule has 0 fully saturated rings. The van der Waals surface area contributed by atoms with E-state index in [-0.39, 0.29) is 13.4 Å². The summed E-state index contributed by atoms with van der Waals surface area (Å²) in [7, 11) is 0. The van der Waals surface area contributed by atoms with Crippen LogP contribution in [0.1, 0.15) is 0 Å². The van der Waals surface area contributed by atoms with Gasteiger partial charge >= 0.3 is 0 Å². The molecule has 0 N–H and O–H groups in total. The number of nitrogens with zero attached hydrogens (tertiary/aromatic N) is 6. The third-order valence-corrected chi connectivity index (χ3v) is 28.6. The van der Waals surface area contributed by atoms with E-state index < -0.39 is 0 Å². The van der Waals surface area contributed by atoms with E-state index in [1.165, 1.54) is 113 Å². The van der Waals surface area contributed by atoms with Crippen LogP contribution in [0.3, 0.4) is 0 Å². The molecular formula is C102H62B2N6S4. The standard InChI is InChI=1S/C102H62B2N6S4/c1-5-29-63(30-6-1)105(64-31-7-2-8-32-64)67-57-85-101-86(58-67)108(80-46-26-54-94-98(80)70-38-14-22-50-90(70)112-94)77-43-19-17-41-73(77)103(101)75-61-76-84(62-83(75)107(85)66-35-11-4-12-36-66)110(82-48-28-56-96-100(82)72-40-16-24-52-92(72)114-96)88-60-68(106(65-33-9-3-10-34-65)79-45-25-53-93-97(79)69-37-13-21-49-89(69)111-93)59-87-102(88)104(76)74-42-18-20-44-78(74)109(87)81-47-27-55-95-99(81)71-39-15-23-51-91(71)113-95/h1-62H. The fourth-order valence-corrected chi connectivity index (χ4v) is 24.1. The summed E-state index contributed by atoms with van der Waals surface area (Å²) >= 11 is 7.50. The van der Waals surface area contributed by atoms with E-state index in [4.69, 9.17) is 0 Å². The van der Waals surface area contributed by atoms with Gasteiger partial charge in [-0.15, -0.1) is 45.3 Å². The number of benzene rings is 17. The van der Waals surface area contributed by atoms with Crippen LogP contribution in [0.15, 0.2) is 376 Å². The zero-order valence-corrected chi connectivity index (χ0v) is 64.5. The number of rotatable bonds is 10.